The third kappa shape index (κ3) is 4.39. The number of nitro groups is 1. The lowest BCUT2D eigenvalue weighted by molar-refractivity contribution is -0.384. The van der Waals surface area contributed by atoms with Gasteiger partial charge in [0.05, 0.1) is 4.92 Å². The van der Waals surface area contributed by atoms with Crippen molar-refractivity contribution in [1.82, 2.24) is 5.32 Å². The first-order valence-corrected chi connectivity index (χ1v) is 7.34. The zero-order chi connectivity index (χ0) is 15.1. The van der Waals surface area contributed by atoms with E-state index in [2.05, 4.69) is 17.7 Å². The Morgan fingerprint density at radius 2 is 2.25 bits per heavy atom. The van der Waals surface area contributed by atoms with Crippen LogP contribution in [-0.4, -0.2) is 28.9 Å². The Morgan fingerprint density at radius 3 is 2.80 bits per heavy atom. The Balaban J connectivity index is 2.74. The van der Waals surface area contributed by atoms with Crippen LogP contribution in [0.5, 0.6) is 0 Å². The highest BCUT2D eigenvalue weighted by molar-refractivity contribution is 7.99. The molecule has 0 radical (unpaired) electrons. The molecule has 0 aromatic heterocycles. The van der Waals surface area contributed by atoms with Gasteiger partial charge in [0.25, 0.3) is 11.6 Å². The van der Waals surface area contributed by atoms with Gasteiger partial charge in [0, 0.05) is 23.4 Å². The number of carbonyl (C=O) groups excluding carboxylic acids is 1. The van der Waals surface area contributed by atoms with Crippen LogP contribution in [0.1, 0.15) is 23.7 Å². The van der Waals surface area contributed by atoms with Gasteiger partial charge in [-0.25, -0.2) is 0 Å². The van der Waals surface area contributed by atoms with Crippen LogP contribution in [0.15, 0.2) is 18.2 Å². The van der Waals surface area contributed by atoms with Crippen molar-refractivity contribution in [2.75, 3.05) is 18.2 Å². The zero-order valence-corrected chi connectivity index (χ0v) is 12.2. The highest BCUT2D eigenvalue weighted by Gasteiger charge is 2.16. The predicted molar refractivity (Wildman–Crippen MR) is 80.8 cm³/mol. The molecule has 1 amide bonds. The first kappa shape index (κ1) is 16.3. The normalized spacial score (nSPS) is 11.8. The van der Waals surface area contributed by atoms with E-state index in [0.29, 0.717) is 11.8 Å². The number of nitro benzene ring substituents is 1. The second-order valence-corrected chi connectivity index (χ2v) is 5.50. The largest absolute Gasteiger partial charge is 0.352 e. The van der Waals surface area contributed by atoms with Crippen molar-refractivity contribution in [2.24, 2.45) is 5.84 Å². The van der Waals surface area contributed by atoms with Crippen LogP contribution < -0.4 is 16.6 Å². The molecule has 1 aromatic carbocycles. The summed E-state index contributed by atoms with van der Waals surface area (Å²) in [5, 5.41) is 14.1. The van der Waals surface area contributed by atoms with Gasteiger partial charge in [-0.15, -0.1) is 0 Å². The Morgan fingerprint density at radius 1 is 1.55 bits per heavy atom. The molecule has 0 saturated heterocycles. The Hall–Kier alpha value is -1.80. The Labute approximate surface area is 121 Å². The number of nitrogens with zero attached hydrogens (tertiary/aromatic N) is 1. The summed E-state index contributed by atoms with van der Waals surface area (Å²) >= 11 is 1.72. The number of nitrogens with two attached hydrogens (primary N) is 1. The van der Waals surface area contributed by atoms with Gasteiger partial charge in [0.1, 0.15) is 5.69 Å². The fourth-order valence-corrected chi connectivity index (χ4v) is 1.91. The molecule has 0 saturated carbocycles. The molecule has 4 N–H and O–H groups in total. The Kier molecular flexibility index (Phi) is 6.26. The molecular weight excluding hydrogens is 280 g/mol. The summed E-state index contributed by atoms with van der Waals surface area (Å²) in [6.45, 7) is 2.61. The van der Waals surface area contributed by atoms with Crippen molar-refractivity contribution < 1.29 is 9.72 Å². The van der Waals surface area contributed by atoms with Crippen LogP contribution in [-0.2, 0) is 0 Å². The molecule has 20 heavy (non-hydrogen) atoms. The maximum atomic E-state index is 11.9. The number of amides is 1. The number of rotatable bonds is 7. The number of hydrazine groups is 1. The highest BCUT2D eigenvalue weighted by atomic mass is 32.2. The maximum absolute atomic E-state index is 11.9. The van der Waals surface area contributed by atoms with Crippen LogP contribution in [0.2, 0.25) is 0 Å². The first-order chi connectivity index (χ1) is 9.49. The number of anilines is 1. The fourth-order valence-electron chi connectivity index (χ4n) is 1.55. The van der Waals surface area contributed by atoms with Crippen LogP contribution in [0.4, 0.5) is 11.4 Å². The van der Waals surface area contributed by atoms with Gasteiger partial charge in [0.15, 0.2) is 0 Å². The molecule has 1 aromatic rings. The minimum atomic E-state index is -0.582. The third-order valence-electron chi connectivity index (χ3n) is 2.85. The van der Waals surface area contributed by atoms with E-state index < -0.39 is 4.92 Å². The van der Waals surface area contributed by atoms with E-state index in [-0.39, 0.29) is 22.8 Å². The first-order valence-electron chi connectivity index (χ1n) is 6.05. The average molecular weight is 298 g/mol. The van der Waals surface area contributed by atoms with E-state index in [4.69, 9.17) is 5.84 Å². The molecule has 0 bridgehead atoms. The average Bonchev–Trinajstić information content (AvgIpc) is 2.45. The molecule has 1 atom stereocenters. The zero-order valence-electron chi connectivity index (χ0n) is 11.4. The van der Waals surface area contributed by atoms with Gasteiger partial charge in [-0.05, 0) is 24.8 Å². The number of nitrogen functional groups attached to an aromatic ring is 1. The fraction of sp³-hybridized carbons (Fsp3) is 0.417. The highest BCUT2D eigenvalue weighted by Crippen LogP contribution is 2.24. The second kappa shape index (κ2) is 7.71. The monoisotopic (exact) mass is 298 g/mol. The minimum absolute atomic E-state index is 0.169. The van der Waals surface area contributed by atoms with Crippen molar-refractivity contribution in [1.29, 1.82) is 0 Å². The summed E-state index contributed by atoms with van der Waals surface area (Å²) in [5.74, 6) is 4.86. The van der Waals surface area contributed by atoms with Crippen LogP contribution >= 0.6 is 11.8 Å². The molecule has 0 aliphatic rings. The van der Waals surface area contributed by atoms with Gasteiger partial charge in [-0.3, -0.25) is 20.8 Å². The van der Waals surface area contributed by atoms with Crippen molar-refractivity contribution in [3.63, 3.8) is 0 Å². The van der Waals surface area contributed by atoms with Crippen LogP contribution in [0.25, 0.3) is 0 Å². The molecule has 0 fully saturated rings. The second-order valence-electron chi connectivity index (χ2n) is 4.22. The van der Waals surface area contributed by atoms with Gasteiger partial charge < -0.3 is 10.7 Å². The van der Waals surface area contributed by atoms with Crippen molar-refractivity contribution >= 4 is 29.0 Å². The summed E-state index contributed by atoms with van der Waals surface area (Å²) < 4.78 is 0. The maximum Gasteiger partial charge on any atom is 0.294 e. The van der Waals surface area contributed by atoms with Crippen molar-refractivity contribution in [3.8, 4) is 0 Å². The number of hydrogen-bond acceptors (Lipinski definition) is 6. The van der Waals surface area contributed by atoms with Gasteiger partial charge in [-0.1, -0.05) is 6.92 Å². The Bertz CT molecular complexity index is 496. The quantitative estimate of drug-likeness (QED) is 0.402. The number of thioether (sulfide) groups is 1. The summed E-state index contributed by atoms with van der Waals surface area (Å²) in [7, 11) is 0. The summed E-state index contributed by atoms with van der Waals surface area (Å²) in [6, 6.07) is 4.12. The van der Waals surface area contributed by atoms with Gasteiger partial charge in [0.2, 0.25) is 0 Å². The molecule has 1 rings (SSSR count). The lowest BCUT2D eigenvalue weighted by atomic mass is 10.1. The molecule has 110 valence electrons. The van der Waals surface area contributed by atoms with Crippen LogP contribution in [0.3, 0.4) is 0 Å². The third-order valence-corrected chi connectivity index (χ3v) is 3.89. The molecule has 0 heterocycles. The molecule has 0 spiro atoms. The molecule has 0 aliphatic heterocycles. The smallest absolute Gasteiger partial charge is 0.294 e. The molecule has 1 unspecified atom stereocenters. The molecular formula is C12H18N4O3S. The lowest BCUT2D eigenvalue weighted by Crippen LogP contribution is -2.26. The summed E-state index contributed by atoms with van der Waals surface area (Å²) in [4.78, 5) is 22.2. The SMILES string of the molecule is CSC(C)CCNC(=O)c1ccc(NN)c([N+](=O)[O-])c1. The molecule has 0 aliphatic carbocycles. The molecule has 8 heteroatoms. The predicted octanol–water partition coefficient (Wildman–Crippen LogP) is 1.75. The minimum Gasteiger partial charge on any atom is -0.352 e. The van der Waals surface area contributed by atoms with Crippen LogP contribution in [0, 0.1) is 10.1 Å². The van der Waals surface area contributed by atoms with Crippen molar-refractivity contribution in [3.05, 3.63) is 33.9 Å². The standard InChI is InChI=1S/C12H18N4O3S/c1-8(20-2)5-6-14-12(17)9-3-4-10(15-13)11(7-9)16(18)19/h3-4,7-8,15H,5-6,13H2,1-2H3,(H,14,17). The lowest BCUT2D eigenvalue weighted by Gasteiger charge is -2.09. The van der Waals surface area contributed by atoms with E-state index in [1.807, 2.05) is 6.26 Å². The topological polar surface area (TPSA) is 110 Å². The van der Waals surface area contributed by atoms with Gasteiger partial charge >= 0.3 is 0 Å². The van der Waals surface area contributed by atoms with E-state index in [0.717, 1.165) is 6.42 Å². The summed E-state index contributed by atoms with van der Waals surface area (Å²) in [5.41, 5.74) is 2.42. The van der Waals surface area contributed by atoms with Gasteiger partial charge in [-0.2, -0.15) is 11.8 Å². The number of benzene rings is 1. The van der Waals surface area contributed by atoms with E-state index in [1.165, 1.54) is 18.2 Å². The molecule has 7 nitrogen and oxygen atoms in total. The number of carbonyl (C=O) groups is 1. The summed E-state index contributed by atoms with van der Waals surface area (Å²) in [6.07, 6.45) is 2.85. The van der Waals surface area contributed by atoms with E-state index >= 15 is 0 Å². The number of nitrogens with one attached hydrogen (secondary N) is 2. The number of hydrogen-bond donors (Lipinski definition) is 3. The van der Waals surface area contributed by atoms with Crippen molar-refractivity contribution in [2.45, 2.75) is 18.6 Å². The van der Waals surface area contributed by atoms with E-state index in [1.54, 1.807) is 11.8 Å². The van der Waals surface area contributed by atoms with E-state index in [9.17, 15) is 14.9 Å².